The predicted molar refractivity (Wildman–Crippen MR) is 174 cm³/mol. The summed E-state index contributed by atoms with van der Waals surface area (Å²) in [4.78, 5) is 4.10. The van der Waals surface area contributed by atoms with Crippen molar-refractivity contribution in [3.8, 4) is 5.75 Å². The molecule has 0 fully saturated rings. The first-order valence-electron chi connectivity index (χ1n) is 14.0. The first kappa shape index (κ1) is 29.7. The Morgan fingerprint density at radius 2 is 1.61 bits per heavy atom. The highest BCUT2D eigenvalue weighted by molar-refractivity contribution is 7.91. The molecule has 44 heavy (non-hydrogen) atoms. The number of fused-ring (bicyclic) bond motifs is 1. The normalized spacial score (nSPS) is 15.0. The average Bonchev–Trinajstić information content (AvgIpc) is 3.70. The van der Waals surface area contributed by atoms with E-state index < -0.39 is 10.0 Å². The Bertz CT molecular complexity index is 1860. The first-order chi connectivity index (χ1) is 21.4. The molecule has 0 unspecified atom stereocenters. The van der Waals surface area contributed by atoms with Crippen molar-refractivity contribution in [2.24, 2.45) is 10.2 Å². The van der Waals surface area contributed by atoms with Crippen LogP contribution in [0.3, 0.4) is 0 Å². The van der Waals surface area contributed by atoms with E-state index in [0.717, 1.165) is 33.7 Å². The van der Waals surface area contributed by atoms with Gasteiger partial charge in [-0.15, -0.1) is 11.3 Å². The van der Waals surface area contributed by atoms with Gasteiger partial charge in [-0.2, -0.15) is 5.10 Å². The molecule has 1 aliphatic rings. The van der Waals surface area contributed by atoms with Gasteiger partial charge in [-0.25, -0.2) is 29.1 Å². The highest BCUT2D eigenvalue weighted by atomic mass is 32.2. The molecule has 4 aromatic carbocycles. The number of nitrogens with one attached hydrogen (secondary N) is 1. The van der Waals surface area contributed by atoms with E-state index in [2.05, 4.69) is 52.9 Å². The molecule has 2 atom stereocenters. The van der Waals surface area contributed by atoms with Crippen LogP contribution in [0.2, 0.25) is 0 Å². The number of ether oxygens (including phenoxy) is 2. The maximum absolute atomic E-state index is 11.7. The minimum atomic E-state index is -3.87. The summed E-state index contributed by atoms with van der Waals surface area (Å²) in [6.45, 7) is 1.16. The summed E-state index contributed by atoms with van der Waals surface area (Å²) in [5.74, 6) is 0.582. The number of benzene rings is 4. The lowest BCUT2D eigenvalue weighted by molar-refractivity contribution is -0.0187. The zero-order chi connectivity index (χ0) is 30.4. The van der Waals surface area contributed by atoms with Gasteiger partial charge in [-0.3, -0.25) is 0 Å². The Balaban J connectivity index is 1.22. The van der Waals surface area contributed by atoms with E-state index in [0.29, 0.717) is 29.1 Å². The van der Waals surface area contributed by atoms with Gasteiger partial charge in [0.1, 0.15) is 24.5 Å². The molecule has 2 heterocycles. The number of primary sulfonamides is 1. The van der Waals surface area contributed by atoms with Crippen molar-refractivity contribution in [2.75, 3.05) is 19.8 Å². The Hall–Kier alpha value is -4.39. The van der Waals surface area contributed by atoms with Crippen LogP contribution in [0, 0.1) is 0 Å². The smallest absolute Gasteiger partial charge is 0.265 e. The molecule has 9 nitrogen and oxygen atoms in total. The first-order valence-corrected chi connectivity index (χ1v) is 16.4. The van der Waals surface area contributed by atoms with Crippen molar-refractivity contribution < 1.29 is 17.9 Å². The number of hydrazine groups is 1. The Kier molecular flexibility index (Phi) is 9.10. The lowest BCUT2D eigenvalue weighted by atomic mass is 9.95. The fraction of sp³-hybridized carbons (Fsp3) is 0.152. The van der Waals surface area contributed by atoms with Crippen molar-refractivity contribution in [3.05, 3.63) is 132 Å². The van der Waals surface area contributed by atoms with E-state index >= 15 is 0 Å². The molecular formula is C33H31N5O4S2. The number of hydrogen-bond donors (Lipinski definition) is 2. The van der Waals surface area contributed by atoms with Crippen LogP contribution in [0.5, 0.6) is 5.75 Å². The van der Waals surface area contributed by atoms with Gasteiger partial charge in [0.25, 0.3) is 10.0 Å². The standard InChI is InChI=1S/C33H31N5O4S2/c34-44(39,40)33-36-29-19-18-28(21-30(29)43-33)42-23-27-22-35-38(37-27)31(25-14-6-2-7-15-25)32(26-16-8-3-9-17-26)41-20-10-13-24-11-4-1-5-12-24/h1-19,21,31-32,35H,20,22-23H2,(H2,34,39,40)/t31-,32-/m0/s1. The van der Waals surface area contributed by atoms with Crippen molar-refractivity contribution in [1.82, 2.24) is 15.5 Å². The fourth-order valence-corrected chi connectivity index (χ4v) is 6.60. The molecule has 0 bridgehead atoms. The topological polar surface area (TPSA) is 119 Å². The maximum atomic E-state index is 11.7. The predicted octanol–water partition coefficient (Wildman–Crippen LogP) is 5.71. The number of hydrogen-bond acceptors (Lipinski definition) is 9. The number of aromatic nitrogens is 1. The second-order valence-corrected chi connectivity index (χ2v) is 12.9. The molecule has 6 rings (SSSR count). The van der Waals surface area contributed by atoms with E-state index in [4.69, 9.17) is 19.7 Å². The van der Waals surface area contributed by atoms with Crippen LogP contribution in [-0.2, 0) is 14.8 Å². The van der Waals surface area contributed by atoms with Gasteiger partial charge in [0.2, 0.25) is 4.34 Å². The number of nitrogens with two attached hydrogens (primary N) is 1. The number of sulfonamides is 1. The second kappa shape index (κ2) is 13.5. The van der Waals surface area contributed by atoms with Gasteiger partial charge in [0.15, 0.2) is 0 Å². The van der Waals surface area contributed by atoms with E-state index in [1.165, 1.54) is 0 Å². The zero-order valence-corrected chi connectivity index (χ0v) is 25.3. The van der Waals surface area contributed by atoms with E-state index in [1.54, 1.807) is 18.2 Å². The van der Waals surface area contributed by atoms with E-state index in [9.17, 15) is 8.42 Å². The van der Waals surface area contributed by atoms with Gasteiger partial charge < -0.3 is 9.47 Å². The molecule has 0 radical (unpaired) electrons. The van der Waals surface area contributed by atoms with Crippen LogP contribution >= 0.6 is 11.3 Å². The molecule has 1 aliphatic heterocycles. The van der Waals surface area contributed by atoms with Crippen LogP contribution in [-0.4, -0.2) is 44.0 Å². The number of rotatable bonds is 12. The van der Waals surface area contributed by atoms with Gasteiger partial charge >= 0.3 is 0 Å². The quantitative estimate of drug-likeness (QED) is 0.182. The van der Waals surface area contributed by atoms with Gasteiger partial charge in [-0.05, 0) is 34.9 Å². The molecule has 5 aromatic rings. The monoisotopic (exact) mass is 625 g/mol. The summed E-state index contributed by atoms with van der Waals surface area (Å²) in [6.07, 6.45) is 3.75. The van der Waals surface area contributed by atoms with E-state index in [-0.39, 0.29) is 23.1 Å². The third-order valence-electron chi connectivity index (χ3n) is 6.98. The molecule has 0 saturated carbocycles. The summed E-state index contributed by atoms with van der Waals surface area (Å²) in [6, 6.07) is 35.4. The Morgan fingerprint density at radius 1 is 0.932 bits per heavy atom. The van der Waals surface area contributed by atoms with Crippen molar-refractivity contribution in [2.45, 2.75) is 16.5 Å². The zero-order valence-electron chi connectivity index (χ0n) is 23.7. The number of thiazole rings is 1. The lowest BCUT2D eigenvalue weighted by Crippen LogP contribution is -2.37. The molecule has 3 N–H and O–H groups in total. The minimum Gasteiger partial charge on any atom is -0.487 e. The van der Waals surface area contributed by atoms with E-state index in [1.807, 2.05) is 65.8 Å². The van der Waals surface area contributed by atoms with Crippen molar-refractivity contribution in [3.63, 3.8) is 0 Å². The minimum absolute atomic E-state index is 0.123. The van der Waals surface area contributed by atoms with Crippen LogP contribution in [0.15, 0.2) is 125 Å². The molecule has 11 heteroatoms. The summed E-state index contributed by atoms with van der Waals surface area (Å²) < 4.78 is 36.6. The van der Waals surface area contributed by atoms with Gasteiger partial charge in [-0.1, -0.05) is 103 Å². The molecule has 0 spiro atoms. The van der Waals surface area contributed by atoms with Crippen LogP contribution in [0.25, 0.3) is 16.3 Å². The van der Waals surface area contributed by atoms with Crippen molar-refractivity contribution in [1.29, 1.82) is 0 Å². The average molecular weight is 626 g/mol. The van der Waals surface area contributed by atoms with Crippen LogP contribution in [0.4, 0.5) is 0 Å². The summed E-state index contributed by atoms with van der Waals surface area (Å²) in [5, 5.41) is 12.0. The third-order valence-corrected chi connectivity index (χ3v) is 9.32. The number of nitrogens with zero attached hydrogens (tertiary/aromatic N) is 3. The molecule has 1 aromatic heterocycles. The third kappa shape index (κ3) is 7.21. The Labute approximate surface area is 260 Å². The summed E-state index contributed by atoms with van der Waals surface area (Å²) in [5.41, 5.74) is 7.97. The highest BCUT2D eigenvalue weighted by Gasteiger charge is 2.33. The van der Waals surface area contributed by atoms with Gasteiger partial charge in [0, 0.05) is 0 Å². The van der Waals surface area contributed by atoms with Crippen LogP contribution < -0.4 is 15.3 Å². The Morgan fingerprint density at radius 3 is 2.32 bits per heavy atom. The summed E-state index contributed by atoms with van der Waals surface area (Å²) in [7, 11) is -3.87. The van der Waals surface area contributed by atoms with Crippen LogP contribution in [0.1, 0.15) is 28.8 Å². The lowest BCUT2D eigenvalue weighted by Gasteiger charge is -2.33. The largest absolute Gasteiger partial charge is 0.487 e. The SMILES string of the molecule is NS(=O)(=O)c1nc2ccc(OCC3=NN([C@@H](c4ccccc4)[C@@H](OCC=Cc4ccccc4)c4ccccc4)NC3)cc2s1. The van der Waals surface area contributed by atoms with Crippen molar-refractivity contribution >= 4 is 43.4 Å². The maximum Gasteiger partial charge on any atom is 0.265 e. The molecule has 0 amide bonds. The fourth-order valence-electron chi connectivity index (χ4n) is 4.91. The molecule has 224 valence electrons. The number of hydrazone groups is 1. The molecule has 0 saturated heterocycles. The van der Waals surface area contributed by atoms with Gasteiger partial charge in [0.05, 0.1) is 29.1 Å². The molecule has 0 aliphatic carbocycles. The second-order valence-electron chi connectivity index (χ2n) is 10.1. The molecular weight excluding hydrogens is 595 g/mol. The summed E-state index contributed by atoms with van der Waals surface area (Å²) >= 11 is 1.01. The highest BCUT2D eigenvalue weighted by Crippen LogP contribution is 2.37.